The quantitative estimate of drug-likeness (QED) is 0.626. The lowest BCUT2D eigenvalue weighted by atomic mass is 10.1. The van der Waals surface area contributed by atoms with Crippen LogP contribution in [0.4, 0.5) is 0 Å². The Bertz CT molecular complexity index is 657. The number of rotatable bonds is 1. The van der Waals surface area contributed by atoms with Gasteiger partial charge in [-0.25, -0.2) is 0 Å². The molecule has 0 bridgehead atoms. The van der Waals surface area contributed by atoms with Crippen LogP contribution in [0.2, 0.25) is 0 Å². The minimum atomic E-state index is 0.920. The van der Waals surface area contributed by atoms with Crippen LogP contribution in [0.15, 0.2) is 54.6 Å². The van der Waals surface area contributed by atoms with E-state index in [1.807, 2.05) is 18.2 Å². The Morgan fingerprint density at radius 1 is 0.824 bits per heavy atom. The van der Waals surface area contributed by atoms with Gasteiger partial charge in [-0.15, -0.1) is 10.2 Å². The summed E-state index contributed by atoms with van der Waals surface area (Å²) in [6.45, 7) is 2.08. The van der Waals surface area contributed by atoms with Gasteiger partial charge in [-0.2, -0.15) is 0 Å². The van der Waals surface area contributed by atoms with Gasteiger partial charge in [0.1, 0.15) is 0 Å². The lowest BCUT2D eigenvalue weighted by Gasteiger charge is -2.02. The molecule has 0 radical (unpaired) electrons. The zero-order valence-electron chi connectivity index (χ0n) is 9.59. The van der Waals surface area contributed by atoms with E-state index < -0.39 is 0 Å². The Hall–Kier alpha value is -2.22. The molecule has 1 aromatic heterocycles. The molecule has 2 nitrogen and oxygen atoms in total. The van der Waals surface area contributed by atoms with E-state index in [0.717, 1.165) is 22.2 Å². The summed E-state index contributed by atoms with van der Waals surface area (Å²) < 4.78 is 0. The van der Waals surface area contributed by atoms with Gasteiger partial charge in [0.15, 0.2) is 0 Å². The third-order valence-electron chi connectivity index (χ3n) is 2.84. The highest BCUT2D eigenvalue weighted by Gasteiger charge is 2.01. The first-order valence-corrected chi connectivity index (χ1v) is 5.62. The summed E-state index contributed by atoms with van der Waals surface area (Å²) in [4.78, 5) is 0. The molecule has 1 heterocycles. The Labute approximate surface area is 99.9 Å². The predicted molar refractivity (Wildman–Crippen MR) is 69.7 cm³/mol. The van der Waals surface area contributed by atoms with E-state index in [9.17, 15) is 0 Å². The monoisotopic (exact) mass is 220 g/mol. The summed E-state index contributed by atoms with van der Waals surface area (Å²) in [5.41, 5.74) is 4.21. The predicted octanol–water partition coefficient (Wildman–Crippen LogP) is 3.61. The van der Waals surface area contributed by atoms with E-state index in [2.05, 4.69) is 53.5 Å². The van der Waals surface area contributed by atoms with Crippen molar-refractivity contribution in [2.45, 2.75) is 6.92 Å². The highest BCUT2D eigenvalue weighted by atomic mass is 15.1. The Balaban J connectivity index is 2.14. The van der Waals surface area contributed by atoms with Crippen LogP contribution in [-0.4, -0.2) is 10.2 Å². The van der Waals surface area contributed by atoms with Crippen molar-refractivity contribution in [2.75, 3.05) is 0 Å². The second-order valence-corrected chi connectivity index (χ2v) is 4.15. The fraction of sp³-hybridized carbons (Fsp3) is 0.0667. The number of aryl methyl sites for hydroxylation is 1. The van der Waals surface area contributed by atoms with Gasteiger partial charge < -0.3 is 0 Å². The molecule has 17 heavy (non-hydrogen) atoms. The van der Waals surface area contributed by atoms with Gasteiger partial charge in [-0.1, -0.05) is 48.0 Å². The SMILES string of the molecule is Cc1ccc(-c2cc3ccccc3nn2)cc1. The van der Waals surface area contributed by atoms with Crippen LogP contribution in [0.25, 0.3) is 22.2 Å². The minimum Gasteiger partial charge on any atom is -0.150 e. The standard InChI is InChI=1S/C15H12N2/c1-11-6-8-12(9-7-11)15-10-13-4-2-3-5-14(13)16-17-15/h2-10H,1H3. The maximum atomic E-state index is 4.26. The Kier molecular flexibility index (Phi) is 2.33. The van der Waals surface area contributed by atoms with E-state index in [-0.39, 0.29) is 0 Å². The fourth-order valence-corrected chi connectivity index (χ4v) is 1.85. The molecule has 0 aliphatic carbocycles. The molecule has 0 N–H and O–H groups in total. The number of nitrogens with zero attached hydrogens (tertiary/aromatic N) is 2. The van der Waals surface area contributed by atoms with E-state index in [0.29, 0.717) is 0 Å². The summed E-state index contributed by atoms with van der Waals surface area (Å²) in [6, 6.07) is 18.4. The zero-order valence-corrected chi connectivity index (χ0v) is 9.59. The van der Waals surface area contributed by atoms with Gasteiger partial charge in [0.05, 0.1) is 11.2 Å². The second-order valence-electron chi connectivity index (χ2n) is 4.15. The van der Waals surface area contributed by atoms with E-state index in [1.165, 1.54) is 5.56 Å². The normalized spacial score (nSPS) is 10.6. The van der Waals surface area contributed by atoms with Crippen LogP contribution >= 0.6 is 0 Å². The molecule has 3 aromatic rings. The Morgan fingerprint density at radius 2 is 1.59 bits per heavy atom. The molecule has 0 amide bonds. The highest BCUT2D eigenvalue weighted by molar-refractivity contribution is 5.81. The van der Waals surface area contributed by atoms with Gasteiger partial charge in [-0.05, 0) is 19.1 Å². The molecule has 2 heteroatoms. The van der Waals surface area contributed by atoms with Crippen molar-refractivity contribution >= 4 is 10.9 Å². The molecule has 0 aliphatic heterocycles. The number of aromatic nitrogens is 2. The van der Waals surface area contributed by atoms with Crippen LogP contribution < -0.4 is 0 Å². The zero-order chi connectivity index (χ0) is 11.7. The van der Waals surface area contributed by atoms with Crippen LogP contribution in [0.1, 0.15) is 5.56 Å². The van der Waals surface area contributed by atoms with Gasteiger partial charge in [-0.3, -0.25) is 0 Å². The fourth-order valence-electron chi connectivity index (χ4n) is 1.85. The van der Waals surface area contributed by atoms with Crippen molar-refractivity contribution in [2.24, 2.45) is 0 Å². The van der Waals surface area contributed by atoms with Crippen molar-refractivity contribution in [3.8, 4) is 11.3 Å². The molecular formula is C15H12N2. The molecule has 0 saturated heterocycles. The Morgan fingerprint density at radius 3 is 2.41 bits per heavy atom. The molecule has 0 aliphatic rings. The first kappa shape index (κ1) is 9.97. The summed E-state index contributed by atoms with van der Waals surface area (Å²) >= 11 is 0. The van der Waals surface area contributed by atoms with E-state index >= 15 is 0 Å². The number of hydrogen-bond acceptors (Lipinski definition) is 2. The highest BCUT2D eigenvalue weighted by Crippen LogP contribution is 2.20. The van der Waals surface area contributed by atoms with Gasteiger partial charge in [0.2, 0.25) is 0 Å². The minimum absolute atomic E-state index is 0.920. The van der Waals surface area contributed by atoms with Gasteiger partial charge in [0.25, 0.3) is 0 Å². The van der Waals surface area contributed by atoms with Crippen molar-refractivity contribution < 1.29 is 0 Å². The van der Waals surface area contributed by atoms with Crippen LogP contribution in [0.3, 0.4) is 0 Å². The number of benzene rings is 2. The molecule has 82 valence electrons. The summed E-state index contributed by atoms with van der Waals surface area (Å²) in [5.74, 6) is 0. The average molecular weight is 220 g/mol. The smallest absolute Gasteiger partial charge is 0.0936 e. The third-order valence-corrected chi connectivity index (χ3v) is 2.84. The lowest BCUT2D eigenvalue weighted by Crippen LogP contribution is -1.88. The molecule has 0 saturated carbocycles. The maximum absolute atomic E-state index is 4.26. The van der Waals surface area contributed by atoms with E-state index in [1.54, 1.807) is 0 Å². The average Bonchev–Trinajstić information content (AvgIpc) is 2.39. The second kappa shape index (κ2) is 3.98. The summed E-state index contributed by atoms with van der Waals surface area (Å²) in [5, 5.41) is 9.61. The van der Waals surface area contributed by atoms with Crippen LogP contribution in [-0.2, 0) is 0 Å². The van der Waals surface area contributed by atoms with Crippen molar-refractivity contribution in [1.82, 2.24) is 10.2 Å². The molecule has 0 fully saturated rings. The van der Waals surface area contributed by atoms with Gasteiger partial charge in [0, 0.05) is 10.9 Å². The molecule has 0 unspecified atom stereocenters. The van der Waals surface area contributed by atoms with Crippen molar-refractivity contribution in [3.05, 3.63) is 60.2 Å². The first-order chi connectivity index (χ1) is 8.33. The molecule has 3 rings (SSSR count). The topological polar surface area (TPSA) is 25.8 Å². The summed E-state index contributed by atoms with van der Waals surface area (Å²) in [7, 11) is 0. The molecule has 0 atom stereocenters. The van der Waals surface area contributed by atoms with Crippen LogP contribution in [0.5, 0.6) is 0 Å². The number of fused-ring (bicyclic) bond motifs is 1. The third kappa shape index (κ3) is 1.89. The van der Waals surface area contributed by atoms with Crippen LogP contribution in [0, 0.1) is 6.92 Å². The maximum Gasteiger partial charge on any atom is 0.0936 e. The molecular weight excluding hydrogens is 208 g/mol. The largest absolute Gasteiger partial charge is 0.150 e. The lowest BCUT2D eigenvalue weighted by molar-refractivity contribution is 1.08. The number of hydrogen-bond donors (Lipinski definition) is 0. The van der Waals surface area contributed by atoms with Crippen molar-refractivity contribution in [1.29, 1.82) is 0 Å². The summed E-state index contributed by atoms with van der Waals surface area (Å²) in [6.07, 6.45) is 0. The van der Waals surface area contributed by atoms with Crippen molar-refractivity contribution in [3.63, 3.8) is 0 Å². The molecule has 0 spiro atoms. The molecule has 2 aromatic carbocycles. The van der Waals surface area contributed by atoms with E-state index in [4.69, 9.17) is 0 Å². The van der Waals surface area contributed by atoms with Gasteiger partial charge >= 0.3 is 0 Å². The first-order valence-electron chi connectivity index (χ1n) is 5.62.